The first-order valence-corrected chi connectivity index (χ1v) is 11.8. The third-order valence-electron chi connectivity index (χ3n) is 6.44. The van der Waals surface area contributed by atoms with Crippen LogP contribution in [0.2, 0.25) is 0 Å². The van der Waals surface area contributed by atoms with Crippen LogP contribution in [0.25, 0.3) is 0 Å². The number of ether oxygens (including phenoxy) is 1. The van der Waals surface area contributed by atoms with E-state index in [-0.39, 0.29) is 48.5 Å². The maximum absolute atomic E-state index is 14.3. The second-order valence-corrected chi connectivity index (χ2v) is 9.07. The zero-order valence-electron chi connectivity index (χ0n) is 20.2. The second-order valence-electron chi connectivity index (χ2n) is 9.07. The molecule has 1 aliphatic heterocycles. The number of halogens is 2. The number of oxazole rings is 1. The van der Waals surface area contributed by atoms with Crippen molar-refractivity contribution in [1.29, 1.82) is 0 Å². The van der Waals surface area contributed by atoms with Crippen LogP contribution >= 0.6 is 0 Å². The van der Waals surface area contributed by atoms with Crippen LogP contribution in [-0.4, -0.2) is 52.4 Å². The maximum atomic E-state index is 14.3. The molecule has 1 atom stereocenters. The number of aromatic nitrogens is 1. The van der Waals surface area contributed by atoms with Crippen molar-refractivity contribution in [3.05, 3.63) is 53.2 Å². The fourth-order valence-corrected chi connectivity index (χ4v) is 4.03. The van der Waals surface area contributed by atoms with Gasteiger partial charge in [0.05, 0.1) is 19.1 Å². The first kappa shape index (κ1) is 25.8. The third-order valence-corrected chi connectivity index (χ3v) is 6.44. The molecule has 1 amide bonds. The Balaban J connectivity index is 1.66. The number of rotatable bonds is 9. The van der Waals surface area contributed by atoms with Crippen LogP contribution in [0.4, 0.5) is 8.78 Å². The molecule has 186 valence electrons. The molecule has 0 saturated carbocycles. The molecule has 0 radical (unpaired) electrons. The van der Waals surface area contributed by atoms with E-state index in [1.54, 1.807) is 11.8 Å². The predicted octanol–water partition coefficient (Wildman–Crippen LogP) is 4.41. The lowest BCUT2D eigenvalue weighted by atomic mass is 9.97. The topological polar surface area (TPSA) is 75.9 Å². The summed E-state index contributed by atoms with van der Waals surface area (Å²) in [5.74, 6) is -1.25. The van der Waals surface area contributed by atoms with Crippen molar-refractivity contribution < 1.29 is 27.5 Å². The lowest BCUT2D eigenvalue weighted by molar-refractivity contribution is -0.149. The Bertz CT molecular complexity index is 986. The molecule has 0 aliphatic carbocycles. The van der Waals surface area contributed by atoms with Crippen molar-refractivity contribution in [3.8, 4) is 0 Å². The molecule has 2 aromatic rings. The molecule has 9 heteroatoms. The Morgan fingerprint density at radius 3 is 2.53 bits per heavy atom. The van der Waals surface area contributed by atoms with Gasteiger partial charge < -0.3 is 14.1 Å². The summed E-state index contributed by atoms with van der Waals surface area (Å²) in [6.45, 7) is 9.68. The smallest absolute Gasteiger partial charge is 0.309 e. The predicted molar refractivity (Wildman–Crippen MR) is 122 cm³/mol. The molecule has 0 bridgehead atoms. The Morgan fingerprint density at radius 1 is 1.21 bits per heavy atom. The minimum absolute atomic E-state index is 0.0532. The van der Waals surface area contributed by atoms with Crippen LogP contribution in [0, 0.1) is 23.5 Å². The van der Waals surface area contributed by atoms with E-state index >= 15 is 0 Å². The van der Waals surface area contributed by atoms with Gasteiger partial charge in [0, 0.05) is 37.3 Å². The number of carbonyl (C=O) groups is 2. The molecule has 1 unspecified atom stereocenters. The Morgan fingerprint density at radius 2 is 1.91 bits per heavy atom. The number of hydrogen-bond acceptors (Lipinski definition) is 6. The first-order chi connectivity index (χ1) is 16.2. The zero-order chi connectivity index (χ0) is 24.8. The average molecular weight is 478 g/mol. The summed E-state index contributed by atoms with van der Waals surface area (Å²) in [7, 11) is 0. The third kappa shape index (κ3) is 6.40. The van der Waals surface area contributed by atoms with E-state index in [1.165, 1.54) is 18.4 Å². The molecule has 1 aromatic carbocycles. The van der Waals surface area contributed by atoms with Gasteiger partial charge in [-0.3, -0.25) is 14.5 Å². The second kappa shape index (κ2) is 11.6. The summed E-state index contributed by atoms with van der Waals surface area (Å²) in [5.41, 5.74) is 0.580. The van der Waals surface area contributed by atoms with Crippen LogP contribution in [0.15, 0.2) is 28.9 Å². The lowest BCUT2D eigenvalue weighted by Crippen LogP contribution is -2.40. The minimum atomic E-state index is -0.619. The lowest BCUT2D eigenvalue weighted by Gasteiger charge is -2.31. The van der Waals surface area contributed by atoms with Crippen molar-refractivity contribution in [2.75, 3.05) is 19.7 Å². The van der Waals surface area contributed by atoms with E-state index < -0.39 is 11.6 Å². The molecule has 0 N–H and O–H groups in total. The van der Waals surface area contributed by atoms with E-state index in [2.05, 4.69) is 18.8 Å². The fraction of sp³-hybridized carbons (Fsp3) is 0.560. The van der Waals surface area contributed by atoms with Crippen LogP contribution < -0.4 is 0 Å². The summed E-state index contributed by atoms with van der Waals surface area (Å²) in [6.07, 6.45) is 2.45. The molecule has 1 saturated heterocycles. The fourth-order valence-electron chi connectivity index (χ4n) is 4.03. The van der Waals surface area contributed by atoms with E-state index in [4.69, 9.17) is 9.15 Å². The van der Waals surface area contributed by atoms with Gasteiger partial charge in [0.1, 0.15) is 17.9 Å². The summed E-state index contributed by atoms with van der Waals surface area (Å²) in [4.78, 5) is 32.9. The molecule has 1 aromatic heterocycles. The highest BCUT2D eigenvalue weighted by Gasteiger charge is 2.30. The normalized spacial score (nSPS) is 15.7. The van der Waals surface area contributed by atoms with Gasteiger partial charge in [-0.2, -0.15) is 0 Å². The van der Waals surface area contributed by atoms with Crippen molar-refractivity contribution in [3.63, 3.8) is 0 Å². The number of amides is 1. The highest BCUT2D eigenvalue weighted by atomic mass is 19.1. The monoisotopic (exact) mass is 477 g/mol. The quantitative estimate of drug-likeness (QED) is 0.498. The van der Waals surface area contributed by atoms with Gasteiger partial charge in [0.2, 0.25) is 5.89 Å². The van der Waals surface area contributed by atoms with Gasteiger partial charge in [-0.05, 0) is 38.7 Å². The Kier molecular flexibility index (Phi) is 8.77. The summed E-state index contributed by atoms with van der Waals surface area (Å²) >= 11 is 0. The molecule has 34 heavy (non-hydrogen) atoms. The molecule has 2 heterocycles. The Hall–Kier alpha value is -2.81. The molecule has 0 spiro atoms. The van der Waals surface area contributed by atoms with Crippen LogP contribution in [0.5, 0.6) is 0 Å². The molecule has 1 fully saturated rings. The molecule has 7 nitrogen and oxygen atoms in total. The molecular formula is C25H33F2N3O4. The van der Waals surface area contributed by atoms with Crippen LogP contribution in [0.3, 0.4) is 0 Å². The molecule has 1 aliphatic rings. The number of likely N-dealkylation sites (tertiary alicyclic amines) is 1. The number of piperidine rings is 1. The highest BCUT2D eigenvalue weighted by molar-refractivity contribution is 5.92. The van der Waals surface area contributed by atoms with Crippen molar-refractivity contribution in [1.82, 2.24) is 14.8 Å². The van der Waals surface area contributed by atoms with Gasteiger partial charge in [-0.15, -0.1) is 0 Å². The number of esters is 1. The zero-order valence-corrected chi connectivity index (χ0v) is 20.2. The maximum Gasteiger partial charge on any atom is 0.309 e. The standard InChI is InChI=1S/C25H33F2N3O4/c1-5-33-25(32)18-8-10-29(11-9-18)24(31)22-15-34-23(28-22)14-30(17(4)16(2)3)13-19-6-7-20(26)12-21(19)27/h6-7,12,15-18H,5,8-11,13-14H2,1-4H3. The van der Waals surface area contributed by atoms with Gasteiger partial charge in [0.15, 0.2) is 5.69 Å². The van der Waals surface area contributed by atoms with Gasteiger partial charge in [0.25, 0.3) is 5.91 Å². The summed E-state index contributed by atoms with van der Waals surface area (Å²) in [5, 5.41) is 0. The Labute approximate surface area is 199 Å². The van der Waals surface area contributed by atoms with Gasteiger partial charge in [-0.25, -0.2) is 13.8 Å². The number of hydrogen-bond donors (Lipinski definition) is 0. The molecular weight excluding hydrogens is 444 g/mol. The minimum Gasteiger partial charge on any atom is -0.466 e. The number of benzene rings is 1. The van der Waals surface area contributed by atoms with Gasteiger partial charge in [-0.1, -0.05) is 19.9 Å². The number of nitrogens with zero attached hydrogens (tertiary/aromatic N) is 3. The summed E-state index contributed by atoms with van der Waals surface area (Å²) in [6, 6.07) is 3.61. The highest BCUT2D eigenvalue weighted by Crippen LogP contribution is 2.22. The first-order valence-electron chi connectivity index (χ1n) is 11.8. The van der Waals surface area contributed by atoms with Crippen molar-refractivity contribution in [2.24, 2.45) is 11.8 Å². The molecule has 3 rings (SSSR count). The summed E-state index contributed by atoms with van der Waals surface area (Å²) < 4.78 is 38.2. The largest absolute Gasteiger partial charge is 0.466 e. The van der Waals surface area contributed by atoms with E-state index in [0.717, 1.165) is 6.07 Å². The van der Waals surface area contributed by atoms with Crippen molar-refractivity contribution >= 4 is 11.9 Å². The SMILES string of the molecule is CCOC(=O)C1CCN(C(=O)c2coc(CN(Cc3ccc(F)cc3F)C(C)C(C)C)n2)CC1. The van der Waals surface area contributed by atoms with E-state index in [9.17, 15) is 18.4 Å². The van der Waals surface area contributed by atoms with Crippen LogP contribution in [-0.2, 0) is 22.6 Å². The van der Waals surface area contributed by atoms with Crippen molar-refractivity contribution in [2.45, 2.75) is 59.7 Å². The average Bonchev–Trinajstić information content (AvgIpc) is 3.28. The van der Waals surface area contributed by atoms with Crippen LogP contribution in [0.1, 0.15) is 62.5 Å². The van der Waals surface area contributed by atoms with Gasteiger partial charge >= 0.3 is 5.97 Å². The number of carbonyl (C=O) groups excluding carboxylic acids is 2. The van der Waals surface area contributed by atoms with E-state index in [1.807, 2.05) is 11.8 Å². The van der Waals surface area contributed by atoms with E-state index in [0.29, 0.717) is 44.0 Å².